The van der Waals surface area contributed by atoms with Gasteiger partial charge in [-0.25, -0.2) is 0 Å². The van der Waals surface area contributed by atoms with E-state index in [2.05, 4.69) is 35.9 Å². The van der Waals surface area contributed by atoms with Crippen molar-refractivity contribution < 1.29 is 4.79 Å². The van der Waals surface area contributed by atoms with E-state index >= 15 is 0 Å². The van der Waals surface area contributed by atoms with Crippen molar-refractivity contribution in [1.29, 1.82) is 0 Å². The lowest BCUT2D eigenvalue weighted by Crippen LogP contribution is -2.45. The van der Waals surface area contributed by atoms with Crippen molar-refractivity contribution in [1.82, 2.24) is 15.1 Å². The highest BCUT2D eigenvalue weighted by Gasteiger charge is 2.51. The number of nitrogens with zero attached hydrogens (tertiary/aromatic N) is 2. The van der Waals surface area contributed by atoms with Gasteiger partial charge in [-0.1, -0.05) is 40.0 Å². The molecule has 1 atom stereocenters. The summed E-state index contributed by atoms with van der Waals surface area (Å²) in [6, 6.07) is 0. The van der Waals surface area contributed by atoms with Gasteiger partial charge in [0.1, 0.15) is 0 Å². The molecule has 1 saturated carbocycles. The first-order chi connectivity index (χ1) is 10.2. The van der Waals surface area contributed by atoms with Crippen LogP contribution in [0.5, 0.6) is 0 Å². The summed E-state index contributed by atoms with van der Waals surface area (Å²) in [5.74, 6) is 0.381. The van der Waals surface area contributed by atoms with Gasteiger partial charge in [0.2, 0.25) is 5.91 Å². The van der Waals surface area contributed by atoms with Crippen molar-refractivity contribution in [3.63, 3.8) is 0 Å². The zero-order valence-electron chi connectivity index (χ0n) is 14.2. The summed E-state index contributed by atoms with van der Waals surface area (Å²) in [6.45, 7) is 10.7. The van der Waals surface area contributed by atoms with Crippen LogP contribution in [-0.4, -0.2) is 53.6 Å². The molecule has 0 aromatic rings. The molecule has 0 aromatic heterocycles. The molecule has 2 rings (SSSR count). The molecular weight excluding hydrogens is 262 g/mol. The molecule has 0 bridgehead atoms. The molecule has 1 aliphatic heterocycles. The minimum atomic E-state index is -0.207. The molecule has 1 unspecified atom stereocenters. The number of rotatable bonds is 8. The lowest BCUT2D eigenvalue weighted by atomic mass is 9.98. The standard InChI is InChI=1S/C17H33N3O/c1-4-9-15-18-17(10-7-8-11-17)16(21)20(15)14-13-19(6-3)12-5-2/h15,18H,4-14H2,1-3H3. The van der Waals surface area contributed by atoms with Gasteiger partial charge in [0, 0.05) is 13.1 Å². The molecule has 0 aromatic carbocycles. The first kappa shape index (κ1) is 16.8. The first-order valence-electron chi connectivity index (χ1n) is 8.98. The van der Waals surface area contributed by atoms with Crippen LogP contribution in [0.4, 0.5) is 0 Å². The maximum absolute atomic E-state index is 12.9. The maximum Gasteiger partial charge on any atom is 0.244 e. The minimum absolute atomic E-state index is 0.207. The number of likely N-dealkylation sites (N-methyl/N-ethyl adjacent to an activating group) is 1. The normalized spacial score (nSPS) is 24.7. The predicted molar refractivity (Wildman–Crippen MR) is 87.1 cm³/mol. The van der Waals surface area contributed by atoms with Crippen LogP contribution in [0.3, 0.4) is 0 Å². The second-order valence-corrected chi connectivity index (χ2v) is 6.67. The molecule has 1 N–H and O–H groups in total. The van der Waals surface area contributed by atoms with E-state index in [1.54, 1.807) is 0 Å². The smallest absolute Gasteiger partial charge is 0.244 e. The van der Waals surface area contributed by atoms with Crippen molar-refractivity contribution in [3.8, 4) is 0 Å². The molecule has 1 heterocycles. The van der Waals surface area contributed by atoms with Crippen LogP contribution in [0, 0.1) is 0 Å². The Hall–Kier alpha value is -0.610. The molecule has 2 fully saturated rings. The Bertz CT molecular complexity index is 339. The van der Waals surface area contributed by atoms with Crippen LogP contribution in [0.2, 0.25) is 0 Å². The van der Waals surface area contributed by atoms with Crippen molar-refractivity contribution in [2.24, 2.45) is 0 Å². The van der Waals surface area contributed by atoms with Crippen LogP contribution >= 0.6 is 0 Å². The van der Waals surface area contributed by atoms with Crippen LogP contribution in [-0.2, 0) is 4.79 Å². The van der Waals surface area contributed by atoms with Gasteiger partial charge in [0.15, 0.2) is 0 Å². The Balaban J connectivity index is 1.99. The van der Waals surface area contributed by atoms with Gasteiger partial charge >= 0.3 is 0 Å². The summed E-state index contributed by atoms with van der Waals surface area (Å²) in [7, 11) is 0. The zero-order chi connectivity index (χ0) is 15.3. The largest absolute Gasteiger partial charge is 0.324 e. The Morgan fingerprint density at radius 3 is 2.48 bits per heavy atom. The fourth-order valence-corrected chi connectivity index (χ4v) is 3.96. The third-order valence-electron chi connectivity index (χ3n) is 5.15. The number of amides is 1. The molecule has 1 aliphatic carbocycles. The number of carbonyl (C=O) groups excluding carboxylic acids is 1. The summed E-state index contributed by atoms with van der Waals surface area (Å²) >= 11 is 0. The summed E-state index contributed by atoms with van der Waals surface area (Å²) in [6.07, 6.45) is 8.12. The van der Waals surface area contributed by atoms with Gasteiger partial charge in [0.25, 0.3) is 0 Å². The predicted octanol–water partition coefficient (Wildman–Crippen LogP) is 2.59. The van der Waals surface area contributed by atoms with Crippen LogP contribution < -0.4 is 5.32 Å². The maximum atomic E-state index is 12.9. The third-order valence-corrected chi connectivity index (χ3v) is 5.15. The average molecular weight is 295 g/mol. The number of hydrogen-bond donors (Lipinski definition) is 1. The van der Waals surface area contributed by atoms with Crippen molar-refractivity contribution in [3.05, 3.63) is 0 Å². The summed E-state index contributed by atoms with van der Waals surface area (Å²) < 4.78 is 0. The van der Waals surface area contributed by atoms with Crippen LogP contribution in [0.25, 0.3) is 0 Å². The van der Waals surface area contributed by atoms with Crippen molar-refractivity contribution in [2.75, 3.05) is 26.2 Å². The van der Waals surface area contributed by atoms with Gasteiger partial charge in [-0.2, -0.15) is 0 Å². The monoisotopic (exact) mass is 295 g/mol. The fraction of sp³-hybridized carbons (Fsp3) is 0.941. The molecule has 0 radical (unpaired) electrons. The van der Waals surface area contributed by atoms with Gasteiger partial charge < -0.3 is 9.80 Å². The van der Waals surface area contributed by atoms with Crippen LogP contribution in [0.15, 0.2) is 0 Å². The summed E-state index contributed by atoms with van der Waals surface area (Å²) in [5.41, 5.74) is -0.207. The van der Waals surface area contributed by atoms with E-state index in [4.69, 9.17) is 0 Å². The van der Waals surface area contributed by atoms with E-state index in [0.717, 1.165) is 51.9 Å². The average Bonchev–Trinajstić information content (AvgIpc) is 3.04. The van der Waals surface area contributed by atoms with Crippen LogP contribution in [0.1, 0.15) is 65.7 Å². The quantitative estimate of drug-likeness (QED) is 0.747. The van der Waals surface area contributed by atoms with E-state index in [1.165, 1.54) is 19.3 Å². The topological polar surface area (TPSA) is 35.6 Å². The zero-order valence-corrected chi connectivity index (χ0v) is 14.2. The number of nitrogens with one attached hydrogen (secondary N) is 1. The Morgan fingerprint density at radius 2 is 1.90 bits per heavy atom. The number of hydrogen-bond acceptors (Lipinski definition) is 3. The highest BCUT2D eigenvalue weighted by molar-refractivity contribution is 5.89. The molecule has 4 heteroatoms. The van der Waals surface area contributed by atoms with E-state index in [0.29, 0.717) is 5.91 Å². The highest BCUT2D eigenvalue weighted by Crippen LogP contribution is 2.37. The van der Waals surface area contributed by atoms with Crippen molar-refractivity contribution in [2.45, 2.75) is 77.4 Å². The molecule has 4 nitrogen and oxygen atoms in total. The third kappa shape index (κ3) is 3.59. The highest BCUT2D eigenvalue weighted by atomic mass is 16.2. The van der Waals surface area contributed by atoms with E-state index in [-0.39, 0.29) is 11.7 Å². The molecule has 2 aliphatic rings. The summed E-state index contributed by atoms with van der Waals surface area (Å²) in [4.78, 5) is 17.5. The van der Waals surface area contributed by atoms with Gasteiger partial charge in [-0.05, 0) is 38.8 Å². The van der Waals surface area contributed by atoms with E-state index in [1.807, 2.05) is 0 Å². The van der Waals surface area contributed by atoms with Gasteiger partial charge in [-0.3, -0.25) is 10.1 Å². The fourth-order valence-electron chi connectivity index (χ4n) is 3.96. The van der Waals surface area contributed by atoms with E-state index in [9.17, 15) is 4.79 Å². The van der Waals surface area contributed by atoms with Gasteiger partial charge in [-0.15, -0.1) is 0 Å². The van der Waals surface area contributed by atoms with Crippen molar-refractivity contribution >= 4 is 5.91 Å². The Labute approximate surface area is 130 Å². The molecule has 122 valence electrons. The second kappa shape index (κ2) is 7.59. The first-order valence-corrected chi connectivity index (χ1v) is 8.98. The minimum Gasteiger partial charge on any atom is -0.324 e. The molecule has 21 heavy (non-hydrogen) atoms. The lowest BCUT2D eigenvalue weighted by Gasteiger charge is -2.27. The molecule has 1 amide bonds. The molecule has 1 spiro atoms. The second-order valence-electron chi connectivity index (χ2n) is 6.67. The van der Waals surface area contributed by atoms with Gasteiger partial charge in [0.05, 0.1) is 11.7 Å². The summed E-state index contributed by atoms with van der Waals surface area (Å²) in [5, 5.41) is 3.70. The SMILES string of the molecule is CCCC1NC2(CCCC2)C(=O)N1CCN(CC)CCC. The Morgan fingerprint density at radius 1 is 1.19 bits per heavy atom. The molecular formula is C17H33N3O. The lowest BCUT2D eigenvalue weighted by molar-refractivity contribution is -0.133. The number of carbonyl (C=O) groups is 1. The van der Waals surface area contributed by atoms with E-state index < -0.39 is 0 Å². The Kier molecular flexibility index (Phi) is 6.06. The molecule has 1 saturated heterocycles.